The predicted octanol–water partition coefficient (Wildman–Crippen LogP) is 2.41. The van der Waals surface area contributed by atoms with Crippen molar-refractivity contribution in [2.45, 2.75) is 18.0 Å². The summed E-state index contributed by atoms with van der Waals surface area (Å²) in [6.07, 6.45) is 0. The third-order valence-corrected chi connectivity index (χ3v) is 5.23. The van der Waals surface area contributed by atoms with Crippen LogP contribution in [0.25, 0.3) is 0 Å². The van der Waals surface area contributed by atoms with Crippen LogP contribution in [0, 0.1) is 0 Å². The van der Waals surface area contributed by atoms with Crippen LogP contribution in [0.5, 0.6) is 0 Å². The number of hydrogen-bond acceptors (Lipinski definition) is 5. The molecule has 0 aliphatic rings. The highest BCUT2D eigenvalue weighted by molar-refractivity contribution is 7.92. The van der Waals surface area contributed by atoms with Gasteiger partial charge in [-0.1, -0.05) is 12.1 Å². The van der Waals surface area contributed by atoms with Crippen LogP contribution < -0.4 is 10.0 Å². The number of anilines is 1. The predicted molar refractivity (Wildman–Crippen MR) is 85.0 cm³/mol. The van der Waals surface area contributed by atoms with Gasteiger partial charge in [-0.15, -0.1) is 11.3 Å². The van der Waals surface area contributed by atoms with E-state index in [1.54, 1.807) is 36.8 Å². The van der Waals surface area contributed by atoms with E-state index < -0.39 is 10.0 Å². The quantitative estimate of drug-likeness (QED) is 0.820. The summed E-state index contributed by atoms with van der Waals surface area (Å²) in [5.74, 6) is 0. The second-order valence-corrected chi connectivity index (χ2v) is 7.20. The van der Waals surface area contributed by atoms with Crippen LogP contribution in [-0.2, 0) is 27.9 Å². The summed E-state index contributed by atoms with van der Waals surface area (Å²) in [5.41, 5.74) is 1.45. The molecule has 0 saturated heterocycles. The molecule has 7 heteroatoms. The Morgan fingerprint density at radius 2 is 2.10 bits per heavy atom. The van der Waals surface area contributed by atoms with Gasteiger partial charge in [0.1, 0.15) is 0 Å². The van der Waals surface area contributed by atoms with Crippen LogP contribution >= 0.6 is 11.3 Å². The van der Waals surface area contributed by atoms with Gasteiger partial charge in [-0.3, -0.25) is 4.72 Å². The van der Waals surface area contributed by atoms with Crippen molar-refractivity contribution in [2.24, 2.45) is 0 Å². The van der Waals surface area contributed by atoms with Crippen molar-refractivity contribution >= 4 is 27.0 Å². The number of ether oxygens (including phenoxy) is 1. The molecule has 0 atom stereocenters. The van der Waals surface area contributed by atoms with E-state index in [1.165, 1.54) is 11.3 Å². The van der Waals surface area contributed by atoms with Crippen molar-refractivity contribution in [3.05, 3.63) is 46.2 Å². The Morgan fingerprint density at radius 1 is 1.29 bits per heavy atom. The van der Waals surface area contributed by atoms with Gasteiger partial charge in [-0.25, -0.2) is 8.42 Å². The smallest absolute Gasteiger partial charge is 0.262 e. The number of thiophene rings is 1. The molecule has 1 aromatic carbocycles. The largest absolute Gasteiger partial charge is 0.380 e. The lowest BCUT2D eigenvalue weighted by Crippen LogP contribution is -2.12. The topological polar surface area (TPSA) is 67.4 Å². The van der Waals surface area contributed by atoms with Crippen molar-refractivity contribution in [2.75, 3.05) is 18.9 Å². The van der Waals surface area contributed by atoms with E-state index in [9.17, 15) is 8.42 Å². The fourth-order valence-corrected chi connectivity index (χ4v) is 4.21. The zero-order valence-corrected chi connectivity index (χ0v) is 13.6. The third kappa shape index (κ3) is 4.28. The third-order valence-electron chi connectivity index (χ3n) is 2.78. The normalized spacial score (nSPS) is 11.5. The SMILES string of the molecule is CNCc1cc(S(=O)(=O)Nc2cccc(COC)c2)cs1. The Labute approximate surface area is 129 Å². The van der Waals surface area contributed by atoms with Gasteiger partial charge in [-0.2, -0.15) is 0 Å². The minimum Gasteiger partial charge on any atom is -0.380 e. The number of rotatable bonds is 7. The molecule has 2 N–H and O–H groups in total. The van der Waals surface area contributed by atoms with Crippen molar-refractivity contribution in [3.8, 4) is 0 Å². The molecule has 2 rings (SSSR count). The Balaban J connectivity index is 2.18. The van der Waals surface area contributed by atoms with Crippen LogP contribution in [0.3, 0.4) is 0 Å². The first kappa shape index (κ1) is 16.0. The van der Waals surface area contributed by atoms with Crippen LogP contribution in [0.4, 0.5) is 5.69 Å². The summed E-state index contributed by atoms with van der Waals surface area (Å²) in [7, 11) is -0.121. The number of nitrogens with one attached hydrogen (secondary N) is 2. The second kappa shape index (κ2) is 7.04. The van der Waals surface area contributed by atoms with E-state index in [4.69, 9.17) is 4.74 Å². The Morgan fingerprint density at radius 3 is 2.81 bits per heavy atom. The molecule has 0 unspecified atom stereocenters. The van der Waals surface area contributed by atoms with Crippen molar-refractivity contribution in [3.63, 3.8) is 0 Å². The van der Waals surface area contributed by atoms with E-state index in [2.05, 4.69) is 10.0 Å². The molecular weight excluding hydrogens is 308 g/mol. The van der Waals surface area contributed by atoms with Crippen LogP contribution in [-0.4, -0.2) is 22.6 Å². The number of hydrogen-bond donors (Lipinski definition) is 2. The van der Waals surface area contributed by atoms with E-state index in [1.807, 2.05) is 13.1 Å². The molecule has 0 spiro atoms. The molecule has 21 heavy (non-hydrogen) atoms. The highest BCUT2D eigenvalue weighted by Crippen LogP contribution is 2.22. The zero-order chi connectivity index (χ0) is 15.3. The standard InChI is InChI=1S/C14H18N2O3S2/c1-15-8-13-7-14(10-20-13)21(17,18)16-12-5-3-4-11(6-12)9-19-2/h3-7,10,15-16H,8-9H2,1-2H3. The molecule has 5 nitrogen and oxygen atoms in total. The van der Waals surface area contributed by atoms with Gasteiger partial charge in [0.2, 0.25) is 0 Å². The Bertz CT molecular complexity index is 696. The van der Waals surface area contributed by atoms with Crippen LogP contribution in [0.2, 0.25) is 0 Å². The average molecular weight is 326 g/mol. The van der Waals surface area contributed by atoms with E-state index in [0.717, 1.165) is 10.4 Å². The summed E-state index contributed by atoms with van der Waals surface area (Å²) >= 11 is 1.42. The molecule has 0 aliphatic carbocycles. The fourth-order valence-electron chi connectivity index (χ4n) is 1.87. The lowest BCUT2D eigenvalue weighted by Gasteiger charge is -2.08. The van der Waals surface area contributed by atoms with Crippen molar-refractivity contribution < 1.29 is 13.2 Å². The summed E-state index contributed by atoms with van der Waals surface area (Å²) in [4.78, 5) is 1.26. The molecule has 0 radical (unpaired) electrons. The van der Waals surface area contributed by atoms with Gasteiger partial charge in [0.15, 0.2) is 0 Å². The van der Waals surface area contributed by atoms with Gasteiger partial charge in [0, 0.05) is 29.6 Å². The van der Waals surface area contributed by atoms with E-state index in [-0.39, 0.29) is 4.90 Å². The minimum absolute atomic E-state index is 0.287. The number of sulfonamides is 1. The van der Waals surface area contributed by atoms with Gasteiger partial charge < -0.3 is 10.1 Å². The molecule has 0 saturated carbocycles. The maximum atomic E-state index is 12.3. The summed E-state index contributed by atoms with van der Waals surface area (Å²) in [6, 6.07) is 8.85. The molecule has 1 aromatic heterocycles. The Hall–Kier alpha value is -1.41. The molecular formula is C14H18N2O3S2. The zero-order valence-electron chi connectivity index (χ0n) is 11.9. The van der Waals surface area contributed by atoms with E-state index >= 15 is 0 Å². The fraction of sp³-hybridized carbons (Fsp3) is 0.286. The molecule has 0 fully saturated rings. The van der Waals surface area contributed by atoms with Gasteiger partial charge in [0.05, 0.1) is 11.5 Å². The van der Waals surface area contributed by atoms with Crippen LogP contribution in [0.15, 0.2) is 40.6 Å². The van der Waals surface area contributed by atoms with Crippen molar-refractivity contribution in [1.29, 1.82) is 0 Å². The average Bonchev–Trinajstić information content (AvgIpc) is 2.89. The Kier molecular flexibility index (Phi) is 5.35. The van der Waals surface area contributed by atoms with Gasteiger partial charge in [-0.05, 0) is 30.8 Å². The molecule has 0 aliphatic heterocycles. The summed E-state index contributed by atoms with van der Waals surface area (Å²) < 4.78 is 32.3. The van der Waals surface area contributed by atoms with Crippen LogP contribution in [0.1, 0.15) is 10.4 Å². The van der Waals surface area contributed by atoms with Gasteiger partial charge >= 0.3 is 0 Å². The monoisotopic (exact) mass is 326 g/mol. The highest BCUT2D eigenvalue weighted by atomic mass is 32.2. The lowest BCUT2D eigenvalue weighted by molar-refractivity contribution is 0.185. The molecule has 0 amide bonds. The summed E-state index contributed by atoms with van der Waals surface area (Å²) in [5, 5.41) is 4.65. The molecule has 114 valence electrons. The maximum absolute atomic E-state index is 12.3. The first-order chi connectivity index (χ1) is 10.0. The number of benzene rings is 1. The molecule has 2 aromatic rings. The molecule has 1 heterocycles. The highest BCUT2D eigenvalue weighted by Gasteiger charge is 2.16. The first-order valence-electron chi connectivity index (χ1n) is 6.38. The maximum Gasteiger partial charge on any atom is 0.262 e. The molecule has 0 bridgehead atoms. The number of methoxy groups -OCH3 is 1. The first-order valence-corrected chi connectivity index (χ1v) is 8.74. The van der Waals surface area contributed by atoms with Gasteiger partial charge in [0.25, 0.3) is 10.0 Å². The lowest BCUT2D eigenvalue weighted by atomic mass is 10.2. The second-order valence-electron chi connectivity index (χ2n) is 4.52. The minimum atomic E-state index is -3.55. The summed E-state index contributed by atoms with van der Waals surface area (Å²) in [6.45, 7) is 1.10. The van der Waals surface area contributed by atoms with E-state index in [0.29, 0.717) is 18.8 Å². The van der Waals surface area contributed by atoms with Crippen molar-refractivity contribution in [1.82, 2.24) is 5.32 Å².